The molecule has 4 heteroatoms. The molecule has 1 rings (SSSR count). The largest absolute Gasteiger partial charge is 0.477 e. The first kappa shape index (κ1) is 15.7. The van der Waals surface area contributed by atoms with Crippen molar-refractivity contribution in [3.05, 3.63) is 17.0 Å². The van der Waals surface area contributed by atoms with Crippen LogP contribution in [0.4, 0.5) is 0 Å². The normalized spacial score (nSPS) is 11.8. The first-order chi connectivity index (χ1) is 8.88. The molecule has 0 saturated carbocycles. The van der Waals surface area contributed by atoms with Gasteiger partial charge in [-0.1, -0.05) is 58.5 Å². The minimum Gasteiger partial charge on any atom is -0.477 e. The van der Waals surface area contributed by atoms with Crippen molar-refractivity contribution >= 4 is 5.97 Å². The lowest BCUT2D eigenvalue weighted by Crippen LogP contribution is -2.15. The summed E-state index contributed by atoms with van der Waals surface area (Å²) in [5, 5.41) is 13.3. The predicted molar refractivity (Wildman–Crippen MR) is 74.6 cm³/mol. The van der Waals surface area contributed by atoms with Gasteiger partial charge in [0.05, 0.1) is 5.69 Å². The third kappa shape index (κ3) is 4.37. The highest BCUT2D eigenvalue weighted by Crippen LogP contribution is 2.28. The summed E-state index contributed by atoms with van der Waals surface area (Å²) in [5.74, 6) is -0.460. The molecule has 4 nitrogen and oxygen atoms in total. The van der Waals surface area contributed by atoms with Crippen molar-refractivity contribution in [3.8, 4) is 0 Å². The van der Waals surface area contributed by atoms with Gasteiger partial charge in [0.15, 0.2) is 5.76 Å². The zero-order valence-electron chi connectivity index (χ0n) is 12.5. The number of unbranched alkanes of at least 4 members (excludes halogenated alkanes) is 4. The van der Waals surface area contributed by atoms with Crippen LogP contribution in [0.1, 0.15) is 81.6 Å². The number of carbonyl (C=O) groups is 1. The zero-order chi connectivity index (χ0) is 14.5. The van der Waals surface area contributed by atoms with Crippen LogP contribution in [0.3, 0.4) is 0 Å². The highest BCUT2D eigenvalue weighted by atomic mass is 16.5. The molecule has 0 spiro atoms. The lowest BCUT2D eigenvalue weighted by molar-refractivity contribution is 0.0691. The Balaban J connectivity index is 2.74. The number of hydrogen-bond donors (Lipinski definition) is 1. The number of nitrogens with zero attached hydrogens (tertiary/aromatic N) is 1. The third-order valence-electron chi connectivity index (χ3n) is 3.17. The fraction of sp³-hybridized carbons (Fsp3) is 0.733. The van der Waals surface area contributed by atoms with Gasteiger partial charge in [-0.3, -0.25) is 0 Å². The first-order valence-corrected chi connectivity index (χ1v) is 7.10. The molecule has 0 unspecified atom stereocenters. The number of aromatic carboxylic acids is 1. The van der Waals surface area contributed by atoms with Crippen LogP contribution < -0.4 is 0 Å². The van der Waals surface area contributed by atoms with E-state index in [1.165, 1.54) is 19.3 Å². The molecule has 0 aromatic carbocycles. The summed E-state index contributed by atoms with van der Waals surface area (Å²) in [4.78, 5) is 11.4. The van der Waals surface area contributed by atoms with Crippen molar-refractivity contribution in [2.75, 3.05) is 0 Å². The molecule has 0 atom stereocenters. The summed E-state index contributed by atoms with van der Waals surface area (Å²) in [6.07, 6.45) is 6.41. The van der Waals surface area contributed by atoms with Gasteiger partial charge in [-0.15, -0.1) is 0 Å². The second kappa shape index (κ2) is 6.73. The molecule has 0 aliphatic heterocycles. The highest BCUT2D eigenvalue weighted by molar-refractivity contribution is 5.90. The first-order valence-electron chi connectivity index (χ1n) is 7.10. The van der Waals surface area contributed by atoms with E-state index in [1.807, 2.05) is 20.8 Å². The van der Waals surface area contributed by atoms with E-state index in [0.29, 0.717) is 17.9 Å². The van der Waals surface area contributed by atoms with E-state index >= 15 is 0 Å². The van der Waals surface area contributed by atoms with Crippen molar-refractivity contribution in [2.45, 2.75) is 71.6 Å². The van der Waals surface area contributed by atoms with Crippen molar-refractivity contribution in [1.82, 2.24) is 5.16 Å². The van der Waals surface area contributed by atoms with Crippen LogP contribution in [0.25, 0.3) is 0 Å². The lowest BCUT2D eigenvalue weighted by Gasteiger charge is -2.14. The monoisotopic (exact) mass is 267 g/mol. The number of aromatic nitrogens is 1. The molecule has 1 aromatic heterocycles. The molecule has 0 bridgehead atoms. The quantitative estimate of drug-likeness (QED) is 0.752. The van der Waals surface area contributed by atoms with E-state index in [-0.39, 0.29) is 11.0 Å². The summed E-state index contributed by atoms with van der Waals surface area (Å²) < 4.78 is 5.27. The Bertz CT molecular complexity index is 416. The second-order valence-electron chi connectivity index (χ2n) is 6.05. The van der Waals surface area contributed by atoms with E-state index < -0.39 is 5.97 Å². The molecular formula is C15H25NO3. The molecule has 1 N–H and O–H groups in total. The summed E-state index contributed by atoms with van der Waals surface area (Å²) in [7, 11) is 0. The van der Waals surface area contributed by atoms with E-state index in [1.54, 1.807) is 0 Å². The SMILES string of the molecule is CCCCCCCc1noc(C(C)(C)C)c1C(=O)O. The van der Waals surface area contributed by atoms with Crippen molar-refractivity contribution < 1.29 is 14.4 Å². The van der Waals surface area contributed by atoms with Crippen LogP contribution in [0.5, 0.6) is 0 Å². The summed E-state index contributed by atoms with van der Waals surface area (Å²) >= 11 is 0. The van der Waals surface area contributed by atoms with Crippen LogP contribution in [-0.2, 0) is 11.8 Å². The highest BCUT2D eigenvalue weighted by Gasteiger charge is 2.30. The van der Waals surface area contributed by atoms with Crippen molar-refractivity contribution in [2.24, 2.45) is 0 Å². The van der Waals surface area contributed by atoms with Gasteiger partial charge in [0, 0.05) is 5.41 Å². The van der Waals surface area contributed by atoms with Gasteiger partial charge in [0.2, 0.25) is 0 Å². The van der Waals surface area contributed by atoms with Gasteiger partial charge < -0.3 is 9.63 Å². The molecule has 1 aromatic rings. The average Bonchev–Trinajstić information content (AvgIpc) is 2.72. The van der Waals surface area contributed by atoms with Gasteiger partial charge in [-0.25, -0.2) is 4.79 Å². The van der Waals surface area contributed by atoms with Gasteiger partial charge in [-0.05, 0) is 12.8 Å². The molecule has 19 heavy (non-hydrogen) atoms. The smallest absolute Gasteiger partial charge is 0.341 e. The molecule has 0 aliphatic rings. The number of hydrogen-bond acceptors (Lipinski definition) is 3. The summed E-state index contributed by atoms with van der Waals surface area (Å²) in [6, 6.07) is 0. The van der Waals surface area contributed by atoms with Crippen LogP contribution in [0, 0.1) is 0 Å². The Labute approximate surface area is 115 Å². The fourth-order valence-corrected chi connectivity index (χ4v) is 2.12. The molecule has 108 valence electrons. The number of carboxylic acid groups (broad SMARTS) is 1. The van der Waals surface area contributed by atoms with E-state index in [4.69, 9.17) is 4.52 Å². The number of aryl methyl sites for hydroxylation is 1. The summed E-state index contributed by atoms with van der Waals surface area (Å²) in [6.45, 7) is 7.98. The van der Waals surface area contributed by atoms with Crippen LogP contribution >= 0.6 is 0 Å². The van der Waals surface area contributed by atoms with E-state index in [2.05, 4.69) is 12.1 Å². The fourth-order valence-electron chi connectivity index (χ4n) is 2.12. The number of rotatable bonds is 7. The van der Waals surface area contributed by atoms with Crippen LogP contribution in [-0.4, -0.2) is 16.2 Å². The molecule has 0 radical (unpaired) electrons. The average molecular weight is 267 g/mol. The van der Waals surface area contributed by atoms with Crippen molar-refractivity contribution in [1.29, 1.82) is 0 Å². The maximum Gasteiger partial charge on any atom is 0.341 e. The maximum absolute atomic E-state index is 11.4. The van der Waals surface area contributed by atoms with Crippen LogP contribution in [0.2, 0.25) is 0 Å². The Morgan fingerprint density at radius 1 is 1.21 bits per heavy atom. The van der Waals surface area contributed by atoms with Gasteiger partial charge >= 0.3 is 5.97 Å². The third-order valence-corrected chi connectivity index (χ3v) is 3.17. The summed E-state index contributed by atoms with van der Waals surface area (Å²) in [5.41, 5.74) is 0.526. The number of carboxylic acids is 1. The molecule has 0 aliphatic carbocycles. The molecular weight excluding hydrogens is 242 g/mol. The standard InChI is InChI=1S/C15H25NO3/c1-5-6-7-8-9-10-11-12(14(17)18)13(19-16-11)15(2,3)4/h5-10H2,1-4H3,(H,17,18). The minimum atomic E-state index is -0.935. The Kier molecular flexibility index (Phi) is 5.58. The second-order valence-corrected chi connectivity index (χ2v) is 6.05. The van der Waals surface area contributed by atoms with E-state index in [0.717, 1.165) is 12.8 Å². The van der Waals surface area contributed by atoms with E-state index in [9.17, 15) is 9.90 Å². The van der Waals surface area contributed by atoms with Crippen LogP contribution in [0.15, 0.2) is 4.52 Å². The lowest BCUT2D eigenvalue weighted by atomic mass is 9.89. The van der Waals surface area contributed by atoms with Crippen molar-refractivity contribution in [3.63, 3.8) is 0 Å². The maximum atomic E-state index is 11.4. The topological polar surface area (TPSA) is 63.3 Å². The Morgan fingerprint density at radius 3 is 2.37 bits per heavy atom. The molecule has 1 heterocycles. The molecule has 0 amide bonds. The van der Waals surface area contributed by atoms with Gasteiger partial charge in [0.25, 0.3) is 0 Å². The predicted octanol–water partition coefficient (Wildman–Crippen LogP) is 4.18. The molecule has 0 saturated heterocycles. The molecule has 0 fully saturated rings. The Morgan fingerprint density at radius 2 is 1.84 bits per heavy atom. The van der Waals surface area contributed by atoms with Gasteiger partial charge in [0.1, 0.15) is 5.56 Å². The minimum absolute atomic E-state index is 0.267. The zero-order valence-corrected chi connectivity index (χ0v) is 12.5. The Hall–Kier alpha value is -1.32. The van der Waals surface area contributed by atoms with Gasteiger partial charge in [-0.2, -0.15) is 0 Å².